The van der Waals surface area contributed by atoms with Gasteiger partial charge in [0.2, 0.25) is 17.7 Å². The number of hydrogen-bond donors (Lipinski definition) is 4. The molecule has 2 atom stereocenters. The van der Waals surface area contributed by atoms with Gasteiger partial charge in [0.1, 0.15) is 6.04 Å². The van der Waals surface area contributed by atoms with E-state index in [-0.39, 0.29) is 12.8 Å². The van der Waals surface area contributed by atoms with Crippen molar-refractivity contribution in [2.45, 2.75) is 31.8 Å². The highest BCUT2D eigenvalue weighted by atomic mass is 16.2. The minimum Gasteiger partial charge on any atom is -0.370 e. The molecule has 3 aromatic carbocycles. The van der Waals surface area contributed by atoms with E-state index in [1.165, 1.54) is 6.92 Å². The van der Waals surface area contributed by atoms with Gasteiger partial charge in [-0.2, -0.15) is 0 Å². The number of nitrogens with two attached hydrogens (primary N) is 2. The van der Waals surface area contributed by atoms with E-state index in [0.717, 1.165) is 21.5 Å². The standard InChI is InChI=1S/C22H24N4O3/c1-13(23)21(28)26-19(9-10-20(24)27)22(29)25-18-8-4-7-16-11-14-5-2-3-6-15(14)12-17(16)18/h2-8,11-13,19H,9-10,23H2,1H3,(H2,24,27)(H,25,29)(H,26,28)/t13-,19-/m0/s1. The number of benzene rings is 3. The summed E-state index contributed by atoms with van der Waals surface area (Å²) in [5.41, 5.74) is 11.4. The summed E-state index contributed by atoms with van der Waals surface area (Å²) >= 11 is 0. The second-order valence-corrected chi connectivity index (χ2v) is 7.07. The molecule has 0 saturated carbocycles. The Bertz CT molecular complexity index is 1080. The van der Waals surface area contributed by atoms with Crippen LogP contribution in [0, 0.1) is 0 Å². The molecular formula is C22H24N4O3. The Hall–Kier alpha value is -3.45. The Morgan fingerprint density at radius 1 is 0.931 bits per heavy atom. The zero-order chi connectivity index (χ0) is 21.0. The van der Waals surface area contributed by atoms with Crippen LogP contribution in [0.1, 0.15) is 19.8 Å². The molecule has 0 saturated heterocycles. The van der Waals surface area contributed by atoms with Gasteiger partial charge in [0.25, 0.3) is 0 Å². The van der Waals surface area contributed by atoms with E-state index in [9.17, 15) is 14.4 Å². The van der Waals surface area contributed by atoms with Gasteiger partial charge in [0, 0.05) is 17.5 Å². The van der Waals surface area contributed by atoms with Crippen molar-refractivity contribution in [1.82, 2.24) is 5.32 Å². The third-order valence-electron chi connectivity index (χ3n) is 4.73. The first-order valence-electron chi connectivity index (χ1n) is 9.42. The molecule has 3 amide bonds. The molecule has 0 heterocycles. The Kier molecular flexibility index (Phi) is 6.09. The monoisotopic (exact) mass is 392 g/mol. The topological polar surface area (TPSA) is 127 Å². The molecule has 6 N–H and O–H groups in total. The molecule has 3 aromatic rings. The molecule has 0 fully saturated rings. The van der Waals surface area contributed by atoms with Crippen molar-refractivity contribution in [2.24, 2.45) is 11.5 Å². The van der Waals surface area contributed by atoms with Crippen LogP contribution in [-0.4, -0.2) is 29.8 Å². The lowest BCUT2D eigenvalue weighted by atomic mass is 10.0. The lowest BCUT2D eigenvalue weighted by molar-refractivity contribution is -0.127. The van der Waals surface area contributed by atoms with E-state index in [1.54, 1.807) is 6.07 Å². The molecule has 0 aliphatic rings. The summed E-state index contributed by atoms with van der Waals surface area (Å²) in [6.45, 7) is 1.52. The van der Waals surface area contributed by atoms with Crippen LogP contribution in [0.4, 0.5) is 5.69 Å². The maximum Gasteiger partial charge on any atom is 0.246 e. The van der Waals surface area contributed by atoms with Crippen LogP contribution in [0.5, 0.6) is 0 Å². The predicted octanol–water partition coefficient (Wildman–Crippen LogP) is 2.03. The number of nitrogens with one attached hydrogen (secondary N) is 2. The average molecular weight is 392 g/mol. The Morgan fingerprint density at radius 2 is 1.59 bits per heavy atom. The van der Waals surface area contributed by atoms with Crippen LogP contribution in [-0.2, 0) is 14.4 Å². The molecule has 0 aromatic heterocycles. The number of carbonyl (C=O) groups is 3. The molecule has 29 heavy (non-hydrogen) atoms. The maximum atomic E-state index is 12.9. The van der Waals surface area contributed by atoms with Crippen LogP contribution in [0.25, 0.3) is 21.5 Å². The normalized spacial score (nSPS) is 13.0. The summed E-state index contributed by atoms with van der Waals surface area (Å²) in [6.07, 6.45) is 0.0603. The van der Waals surface area contributed by atoms with Crippen molar-refractivity contribution >= 4 is 45.0 Å². The van der Waals surface area contributed by atoms with Crippen molar-refractivity contribution < 1.29 is 14.4 Å². The van der Waals surface area contributed by atoms with E-state index in [4.69, 9.17) is 11.5 Å². The summed E-state index contributed by atoms with van der Waals surface area (Å²) in [5.74, 6) is -1.45. The highest BCUT2D eigenvalue weighted by Crippen LogP contribution is 2.28. The highest BCUT2D eigenvalue weighted by Gasteiger charge is 2.23. The van der Waals surface area contributed by atoms with Crippen molar-refractivity contribution in [3.63, 3.8) is 0 Å². The van der Waals surface area contributed by atoms with E-state index in [2.05, 4.69) is 16.7 Å². The van der Waals surface area contributed by atoms with Crippen LogP contribution in [0.2, 0.25) is 0 Å². The number of rotatable bonds is 7. The second kappa shape index (κ2) is 8.70. The fraction of sp³-hybridized carbons (Fsp3) is 0.227. The molecule has 7 heteroatoms. The minimum atomic E-state index is -0.920. The Balaban J connectivity index is 1.89. The molecule has 0 aliphatic heterocycles. The van der Waals surface area contributed by atoms with Crippen LogP contribution >= 0.6 is 0 Å². The molecule has 0 radical (unpaired) electrons. The quantitative estimate of drug-likeness (QED) is 0.459. The van der Waals surface area contributed by atoms with Gasteiger partial charge in [-0.15, -0.1) is 0 Å². The van der Waals surface area contributed by atoms with Crippen LogP contribution in [0.15, 0.2) is 54.6 Å². The number of amides is 3. The molecule has 0 bridgehead atoms. The number of hydrogen-bond acceptors (Lipinski definition) is 4. The molecule has 150 valence electrons. The number of anilines is 1. The Labute approximate surface area is 168 Å². The first kappa shape index (κ1) is 20.3. The summed E-state index contributed by atoms with van der Waals surface area (Å²) in [7, 11) is 0. The molecular weight excluding hydrogens is 368 g/mol. The number of primary amides is 1. The van der Waals surface area contributed by atoms with E-state index in [0.29, 0.717) is 5.69 Å². The van der Waals surface area contributed by atoms with Crippen molar-refractivity contribution in [3.05, 3.63) is 54.6 Å². The first-order chi connectivity index (χ1) is 13.8. The third-order valence-corrected chi connectivity index (χ3v) is 4.73. The minimum absolute atomic E-state index is 0.0303. The lowest BCUT2D eigenvalue weighted by Crippen LogP contribution is -2.49. The smallest absolute Gasteiger partial charge is 0.246 e. The molecule has 0 aliphatic carbocycles. The summed E-state index contributed by atoms with van der Waals surface area (Å²) in [5, 5.41) is 9.48. The van der Waals surface area contributed by atoms with Gasteiger partial charge in [0.15, 0.2) is 0 Å². The van der Waals surface area contributed by atoms with Gasteiger partial charge in [-0.3, -0.25) is 14.4 Å². The van der Waals surface area contributed by atoms with E-state index >= 15 is 0 Å². The van der Waals surface area contributed by atoms with Crippen molar-refractivity contribution in [1.29, 1.82) is 0 Å². The zero-order valence-corrected chi connectivity index (χ0v) is 16.1. The van der Waals surface area contributed by atoms with Gasteiger partial charge in [-0.1, -0.05) is 36.4 Å². The molecule has 7 nitrogen and oxygen atoms in total. The third kappa shape index (κ3) is 4.89. The first-order valence-corrected chi connectivity index (χ1v) is 9.42. The molecule has 0 spiro atoms. The van der Waals surface area contributed by atoms with Gasteiger partial charge in [0.05, 0.1) is 6.04 Å². The fourth-order valence-corrected chi connectivity index (χ4v) is 3.15. The molecule has 0 unspecified atom stereocenters. The van der Waals surface area contributed by atoms with Gasteiger partial charge < -0.3 is 22.1 Å². The molecule has 3 rings (SSSR count). The highest BCUT2D eigenvalue weighted by molar-refractivity contribution is 6.08. The fourth-order valence-electron chi connectivity index (χ4n) is 3.15. The van der Waals surface area contributed by atoms with E-state index < -0.39 is 29.8 Å². The predicted molar refractivity (Wildman–Crippen MR) is 114 cm³/mol. The summed E-state index contributed by atoms with van der Waals surface area (Å²) < 4.78 is 0. The Morgan fingerprint density at radius 3 is 2.24 bits per heavy atom. The van der Waals surface area contributed by atoms with Gasteiger partial charge in [-0.05, 0) is 47.7 Å². The van der Waals surface area contributed by atoms with Crippen molar-refractivity contribution in [3.8, 4) is 0 Å². The van der Waals surface area contributed by atoms with E-state index in [1.807, 2.05) is 42.5 Å². The second-order valence-electron chi connectivity index (χ2n) is 7.07. The average Bonchev–Trinajstić information content (AvgIpc) is 2.69. The van der Waals surface area contributed by atoms with Gasteiger partial charge in [-0.25, -0.2) is 0 Å². The van der Waals surface area contributed by atoms with Crippen LogP contribution in [0.3, 0.4) is 0 Å². The van der Waals surface area contributed by atoms with Gasteiger partial charge >= 0.3 is 0 Å². The summed E-state index contributed by atoms with van der Waals surface area (Å²) in [4.78, 5) is 36.0. The maximum absolute atomic E-state index is 12.9. The number of carbonyl (C=O) groups excluding carboxylic acids is 3. The number of fused-ring (bicyclic) bond motifs is 2. The summed E-state index contributed by atoms with van der Waals surface area (Å²) in [6, 6.07) is 16.0. The van der Waals surface area contributed by atoms with Crippen molar-refractivity contribution in [2.75, 3.05) is 5.32 Å². The van der Waals surface area contributed by atoms with Crippen LogP contribution < -0.4 is 22.1 Å². The largest absolute Gasteiger partial charge is 0.370 e. The lowest BCUT2D eigenvalue weighted by Gasteiger charge is -2.20. The SMILES string of the molecule is C[C@H](N)C(=O)N[C@@H](CCC(N)=O)C(=O)Nc1cccc2cc3ccccc3cc12. The zero-order valence-electron chi connectivity index (χ0n) is 16.1.